The van der Waals surface area contributed by atoms with Crippen molar-refractivity contribution in [2.45, 2.75) is 44.6 Å². The first-order valence-electron chi connectivity index (χ1n) is 9.66. The molecule has 0 amide bonds. The number of hydrogen-bond acceptors (Lipinski definition) is 6. The van der Waals surface area contributed by atoms with Gasteiger partial charge in [0.2, 0.25) is 11.7 Å². The van der Waals surface area contributed by atoms with Crippen LogP contribution in [-0.4, -0.2) is 46.2 Å². The lowest BCUT2D eigenvalue weighted by Crippen LogP contribution is -2.25. The van der Waals surface area contributed by atoms with E-state index in [4.69, 9.17) is 9.51 Å². The molecule has 1 aliphatic carbocycles. The van der Waals surface area contributed by atoms with Gasteiger partial charge >= 0.3 is 0 Å². The molecule has 0 N–H and O–H groups in total. The minimum Gasteiger partial charge on any atom is -0.357 e. The molecule has 0 radical (unpaired) electrons. The number of anilines is 1. The molecule has 1 saturated carbocycles. The number of pyridine rings is 1. The molecule has 2 aromatic heterocycles. The summed E-state index contributed by atoms with van der Waals surface area (Å²) in [4.78, 5) is 14.1. The summed E-state index contributed by atoms with van der Waals surface area (Å²) in [5.41, 5.74) is 0.999. The average Bonchev–Trinajstić information content (AvgIpc) is 3.08. The fourth-order valence-electron chi connectivity index (χ4n) is 4.12. The van der Waals surface area contributed by atoms with Crippen LogP contribution in [0.3, 0.4) is 0 Å². The van der Waals surface area contributed by atoms with Gasteiger partial charge in [-0.3, -0.25) is 4.90 Å². The molecule has 0 bridgehead atoms. The van der Waals surface area contributed by atoms with Crippen LogP contribution in [-0.2, 0) is 0 Å². The quantitative estimate of drug-likeness (QED) is 0.833. The second-order valence-corrected chi connectivity index (χ2v) is 7.65. The molecule has 4 heterocycles. The summed E-state index contributed by atoms with van der Waals surface area (Å²) in [7, 11) is 0. The zero-order valence-corrected chi connectivity index (χ0v) is 14.6. The van der Waals surface area contributed by atoms with Crippen molar-refractivity contribution in [3.05, 3.63) is 24.2 Å². The fourth-order valence-corrected chi connectivity index (χ4v) is 4.12. The molecular weight excluding hydrogens is 314 g/mol. The monoisotopic (exact) mass is 339 g/mol. The zero-order valence-electron chi connectivity index (χ0n) is 14.6. The lowest BCUT2D eigenvalue weighted by atomic mass is 10.2. The summed E-state index contributed by atoms with van der Waals surface area (Å²) in [5, 5.41) is 4.27. The van der Waals surface area contributed by atoms with E-state index in [1.165, 1.54) is 38.6 Å². The first-order chi connectivity index (χ1) is 12.4. The van der Waals surface area contributed by atoms with Crippen molar-refractivity contribution in [3.8, 4) is 11.4 Å². The second kappa shape index (κ2) is 6.41. The molecular formula is C19H25N5O. The number of hydrogen-bond donors (Lipinski definition) is 0. The summed E-state index contributed by atoms with van der Waals surface area (Å²) < 4.78 is 5.66. The van der Waals surface area contributed by atoms with Gasteiger partial charge in [-0.05, 0) is 63.1 Å². The summed E-state index contributed by atoms with van der Waals surface area (Å²) >= 11 is 0. The van der Waals surface area contributed by atoms with Gasteiger partial charge in [0, 0.05) is 31.4 Å². The highest BCUT2D eigenvalue weighted by Gasteiger charge is 2.34. The topological polar surface area (TPSA) is 58.3 Å². The molecule has 2 aromatic rings. The van der Waals surface area contributed by atoms with Gasteiger partial charge in [-0.25, -0.2) is 4.98 Å². The Morgan fingerprint density at radius 1 is 1.08 bits per heavy atom. The molecule has 1 atom stereocenters. The minimum absolute atomic E-state index is 0.307. The van der Waals surface area contributed by atoms with Crippen molar-refractivity contribution < 1.29 is 4.52 Å². The van der Waals surface area contributed by atoms with Crippen molar-refractivity contribution in [2.24, 2.45) is 5.92 Å². The van der Waals surface area contributed by atoms with Crippen molar-refractivity contribution in [2.75, 3.05) is 31.1 Å². The summed E-state index contributed by atoms with van der Waals surface area (Å²) in [6, 6.07) is 4.38. The number of nitrogens with zero attached hydrogens (tertiary/aromatic N) is 5. The Balaban J connectivity index is 1.36. The van der Waals surface area contributed by atoms with E-state index in [0.29, 0.717) is 11.9 Å². The fraction of sp³-hybridized carbons (Fsp3) is 0.632. The third-order valence-corrected chi connectivity index (χ3v) is 5.71. The Hall–Kier alpha value is -1.95. The molecule has 3 aliphatic rings. The predicted octanol–water partition coefficient (Wildman–Crippen LogP) is 3.28. The molecule has 6 heteroatoms. The molecule has 0 spiro atoms. The standard InChI is InChI=1S/C19H25N5O/c1-2-10-23(9-1)17-12-15(7-8-20-17)18-21-19(25-22-18)16-4-3-11-24(16)13-14-5-6-14/h7-8,12,14,16H,1-6,9-11,13H2. The van der Waals surface area contributed by atoms with Gasteiger partial charge in [0.25, 0.3) is 0 Å². The third kappa shape index (κ3) is 3.15. The smallest absolute Gasteiger partial charge is 0.244 e. The zero-order chi connectivity index (χ0) is 16.6. The van der Waals surface area contributed by atoms with Gasteiger partial charge in [-0.1, -0.05) is 5.16 Å². The molecule has 6 nitrogen and oxygen atoms in total. The first-order valence-corrected chi connectivity index (χ1v) is 9.66. The van der Waals surface area contributed by atoms with E-state index < -0.39 is 0 Å². The summed E-state index contributed by atoms with van der Waals surface area (Å²) in [5.74, 6) is 3.40. The Morgan fingerprint density at radius 3 is 2.80 bits per heavy atom. The lowest BCUT2D eigenvalue weighted by molar-refractivity contribution is 0.201. The lowest BCUT2D eigenvalue weighted by Gasteiger charge is -2.20. The maximum absolute atomic E-state index is 5.66. The van der Waals surface area contributed by atoms with Crippen molar-refractivity contribution >= 4 is 5.82 Å². The van der Waals surface area contributed by atoms with Gasteiger partial charge in [0.05, 0.1) is 6.04 Å². The SMILES string of the molecule is c1cc(-c2noc(C3CCCN3CC3CC3)n2)cc(N2CCCC2)n1. The van der Waals surface area contributed by atoms with Gasteiger partial charge < -0.3 is 9.42 Å². The van der Waals surface area contributed by atoms with Crippen LogP contribution in [0.5, 0.6) is 0 Å². The van der Waals surface area contributed by atoms with E-state index in [-0.39, 0.29) is 0 Å². The van der Waals surface area contributed by atoms with Crippen LogP contribution in [0, 0.1) is 5.92 Å². The van der Waals surface area contributed by atoms with Gasteiger partial charge in [0.15, 0.2) is 0 Å². The van der Waals surface area contributed by atoms with E-state index in [0.717, 1.165) is 49.2 Å². The van der Waals surface area contributed by atoms with Crippen molar-refractivity contribution in [1.82, 2.24) is 20.0 Å². The van der Waals surface area contributed by atoms with E-state index in [2.05, 4.69) is 26.0 Å². The van der Waals surface area contributed by atoms with Gasteiger partial charge in [0.1, 0.15) is 5.82 Å². The van der Waals surface area contributed by atoms with E-state index in [1.807, 2.05) is 12.3 Å². The summed E-state index contributed by atoms with van der Waals surface area (Å²) in [6.45, 7) is 4.53. The molecule has 0 aromatic carbocycles. The Bertz CT molecular complexity index is 735. The van der Waals surface area contributed by atoms with E-state index >= 15 is 0 Å². The largest absolute Gasteiger partial charge is 0.357 e. The molecule has 25 heavy (non-hydrogen) atoms. The van der Waals surface area contributed by atoms with Crippen LogP contribution in [0.4, 0.5) is 5.82 Å². The van der Waals surface area contributed by atoms with Crippen molar-refractivity contribution in [1.29, 1.82) is 0 Å². The Labute approximate surface area is 148 Å². The molecule has 3 fully saturated rings. The highest BCUT2D eigenvalue weighted by atomic mass is 16.5. The molecule has 2 saturated heterocycles. The van der Waals surface area contributed by atoms with Crippen LogP contribution in [0.25, 0.3) is 11.4 Å². The molecule has 1 unspecified atom stereocenters. The molecule has 132 valence electrons. The minimum atomic E-state index is 0.307. The highest BCUT2D eigenvalue weighted by Crippen LogP contribution is 2.37. The average molecular weight is 339 g/mol. The number of aromatic nitrogens is 3. The highest BCUT2D eigenvalue weighted by molar-refractivity contribution is 5.59. The first kappa shape index (κ1) is 15.3. The maximum Gasteiger partial charge on any atom is 0.244 e. The van der Waals surface area contributed by atoms with Crippen LogP contribution in [0.1, 0.15) is 50.5 Å². The number of rotatable bonds is 5. The Morgan fingerprint density at radius 2 is 1.96 bits per heavy atom. The maximum atomic E-state index is 5.66. The second-order valence-electron chi connectivity index (χ2n) is 7.65. The molecule has 5 rings (SSSR count). The van der Waals surface area contributed by atoms with Crippen molar-refractivity contribution in [3.63, 3.8) is 0 Å². The molecule has 2 aliphatic heterocycles. The van der Waals surface area contributed by atoms with Crippen LogP contribution < -0.4 is 4.90 Å². The van der Waals surface area contributed by atoms with Gasteiger partial charge in [-0.15, -0.1) is 0 Å². The van der Waals surface area contributed by atoms with E-state index in [1.54, 1.807) is 0 Å². The van der Waals surface area contributed by atoms with Gasteiger partial charge in [-0.2, -0.15) is 4.98 Å². The third-order valence-electron chi connectivity index (χ3n) is 5.71. The normalized spacial score (nSPS) is 24.3. The van der Waals surface area contributed by atoms with Crippen LogP contribution in [0.2, 0.25) is 0 Å². The predicted molar refractivity (Wildman–Crippen MR) is 95.2 cm³/mol. The summed E-state index contributed by atoms with van der Waals surface area (Å²) in [6.07, 6.45) is 9.47. The van der Waals surface area contributed by atoms with Crippen LogP contribution in [0.15, 0.2) is 22.9 Å². The number of likely N-dealkylation sites (tertiary alicyclic amines) is 1. The Kier molecular flexibility index (Phi) is 3.93. The van der Waals surface area contributed by atoms with Crippen LogP contribution >= 0.6 is 0 Å². The van der Waals surface area contributed by atoms with E-state index in [9.17, 15) is 0 Å².